The van der Waals surface area contributed by atoms with Crippen molar-refractivity contribution in [2.75, 3.05) is 11.9 Å². The van der Waals surface area contributed by atoms with Gasteiger partial charge >= 0.3 is 8.03 Å². The lowest BCUT2D eigenvalue weighted by atomic mass is 10.1. The maximum atomic E-state index is 12.2. The molecule has 0 bridgehead atoms. The van der Waals surface area contributed by atoms with Crippen LogP contribution in [0.25, 0.3) is 0 Å². The number of nitrogens with one attached hydrogen (secondary N) is 1. The molecule has 2 aromatic rings. The Hall–Kier alpha value is -1.49. The van der Waals surface area contributed by atoms with E-state index in [0.717, 1.165) is 34.6 Å². The highest BCUT2D eigenvalue weighted by Gasteiger charge is 2.25. The molecule has 1 aliphatic heterocycles. The summed E-state index contributed by atoms with van der Waals surface area (Å²) in [6.07, 6.45) is 0. The molecule has 1 heterocycles. The molecular weight excluding hydrogens is 384 g/mol. The molecule has 4 nitrogen and oxygen atoms in total. The van der Waals surface area contributed by atoms with E-state index >= 15 is 0 Å². The number of fused-ring (bicyclic) bond motifs is 1. The van der Waals surface area contributed by atoms with Gasteiger partial charge in [0.15, 0.2) is 5.30 Å². The molecular formula is C16H16BrFNO3P. The fourth-order valence-corrected chi connectivity index (χ4v) is 2.69. The first kappa shape index (κ1) is 17.9. The molecule has 0 aromatic heterocycles. The van der Waals surface area contributed by atoms with Crippen LogP contribution in [0.2, 0.25) is 0 Å². The number of rotatable bonds is 1. The first-order chi connectivity index (χ1) is 10.8. The van der Waals surface area contributed by atoms with Crippen LogP contribution in [0.1, 0.15) is 13.8 Å². The zero-order valence-electron chi connectivity index (χ0n) is 12.7. The standard InChI is InChI=1S/C10H12BrNO.C6H4FO2P/c1-10(2)6-12-8-5-7(11)3-4-9(8)13-10;7-5-1-3-6(4-2-5)10(8)9/h3-5,12H,6H2,1-2H3;1-4H. The van der Waals surface area contributed by atoms with E-state index in [2.05, 4.69) is 35.1 Å². The SMILES string of the molecule is CC1(C)CNc2cc(Br)ccc2O1.O=[P+]([O-])c1ccc(F)cc1. The fraction of sp³-hybridized carbons (Fsp3) is 0.250. The van der Waals surface area contributed by atoms with Gasteiger partial charge in [0.1, 0.15) is 17.2 Å². The van der Waals surface area contributed by atoms with Crippen LogP contribution in [0.5, 0.6) is 5.75 Å². The van der Waals surface area contributed by atoms with E-state index < -0.39 is 13.8 Å². The average Bonchev–Trinajstić information content (AvgIpc) is 2.48. The third-order valence-electron chi connectivity index (χ3n) is 3.07. The Morgan fingerprint density at radius 2 is 1.91 bits per heavy atom. The Morgan fingerprint density at radius 3 is 2.52 bits per heavy atom. The zero-order valence-corrected chi connectivity index (χ0v) is 15.2. The lowest BCUT2D eigenvalue weighted by Crippen LogP contribution is -2.39. The first-order valence-electron chi connectivity index (χ1n) is 6.89. The minimum atomic E-state index is -2.57. The Kier molecular flexibility index (Phi) is 5.74. The molecule has 122 valence electrons. The Bertz CT molecular complexity index is 707. The Balaban J connectivity index is 0.000000174. The largest absolute Gasteiger partial charge is 0.591 e. The number of hydrogen-bond donors (Lipinski definition) is 1. The smallest absolute Gasteiger partial charge is 0.348 e. The minimum Gasteiger partial charge on any atom is -0.591 e. The second kappa shape index (κ2) is 7.39. The highest BCUT2D eigenvalue weighted by molar-refractivity contribution is 9.10. The third kappa shape index (κ3) is 5.27. The minimum absolute atomic E-state index is 0.110. The molecule has 0 amide bonds. The molecule has 23 heavy (non-hydrogen) atoms. The van der Waals surface area contributed by atoms with Crippen molar-refractivity contribution in [3.63, 3.8) is 0 Å². The van der Waals surface area contributed by atoms with Crippen LogP contribution in [-0.2, 0) is 4.57 Å². The molecule has 2 aromatic carbocycles. The van der Waals surface area contributed by atoms with Crippen LogP contribution in [0.3, 0.4) is 0 Å². The molecule has 1 aliphatic rings. The van der Waals surface area contributed by atoms with Crippen molar-refractivity contribution in [1.82, 2.24) is 0 Å². The van der Waals surface area contributed by atoms with Gasteiger partial charge in [-0.15, -0.1) is 0 Å². The summed E-state index contributed by atoms with van der Waals surface area (Å²) < 4.78 is 29.2. The summed E-state index contributed by atoms with van der Waals surface area (Å²) in [5.41, 5.74) is 0.953. The molecule has 0 saturated carbocycles. The van der Waals surface area contributed by atoms with Gasteiger partial charge in [0.2, 0.25) is 0 Å². The van der Waals surface area contributed by atoms with Crippen LogP contribution in [0, 0.1) is 5.82 Å². The summed E-state index contributed by atoms with van der Waals surface area (Å²) in [5, 5.41) is 3.47. The maximum absolute atomic E-state index is 12.2. The van der Waals surface area contributed by atoms with Crippen LogP contribution in [0.15, 0.2) is 46.9 Å². The summed E-state index contributed by atoms with van der Waals surface area (Å²) in [4.78, 5) is 10.2. The maximum Gasteiger partial charge on any atom is 0.348 e. The molecule has 0 fully saturated rings. The fourth-order valence-electron chi connectivity index (χ4n) is 1.93. The van der Waals surface area contributed by atoms with E-state index in [9.17, 15) is 13.8 Å². The summed E-state index contributed by atoms with van der Waals surface area (Å²) in [5.74, 6) is 0.500. The van der Waals surface area contributed by atoms with Gasteiger partial charge in [-0.1, -0.05) is 20.5 Å². The van der Waals surface area contributed by atoms with Crippen molar-refractivity contribution in [2.24, 2.45) is 0 Å². The Labute approximate surface area is 143 Å². The van der Waals surface area contributed by atoms with Crippen molar-refractivity contribution >= 4 is 34.9 Å². The number of anilines is 1. The summed E-state index contributed by atoms with van der Waals surface area (Å²) in [7, 11) is -2.57. The van der Waals surface area contributed by atoms with Gasteiger partial charge in [-0.2, -0.15) is 0 Å². The first-order valence-corrected chi connectivity index (χ1v) is 8.86. The van der Waals surface area contributed by atoms with Gasteiger partial charge < -0.3 is 14.9 Å². The van der Waals surface area contributed by atoms with Crippen LogP contribution >= 0.6 is 24.0 Å². The number of hydrogen-bond acceptors (Lipinski definition) is 4. The summed E-state index contributed by atoms with van der Waals surface area (Å²) in [6.45, 7) is 4.99. The van der Waals surface area contributed by atoms with Gasteiger partial charge in [0.25, 0.3) is 0 Å². The van der Waals surface area contributed by atoms with Gasteiger partial charge in [0.05, 0.1) is 12.2 Å². The molecule has 0 aliphatic carbocycles. The van der Waals surface area contributed by atoms with Crippen LogP contribution < -0.4 is 20.3 Å². The van der Waals surface area contributed by atoms with Gasteiger partial charge in [-0.05, 0) is 56.3 Å². The molecule has 0 saturated heterocycles. The van der Waals surface area contributed by atoms with Gasteiger partial charge in [-0.25, -0.2) is 4.39 Å². The quantitative estimate of drug-likeness (QED) is 0.744. The van der Waals surface area contributed by atoms with E-state index in [1.165, 1.54) is 12.1 Å². The van der Waals surface area contributed by atoms with E-state index in [-0.39, 0.29) is 10.9 Å². The number of ether oxygens (including phenoxy) is 1. The average molecular weight is 400 g/mol. The number of benzene rings is 2. The third-order valence-corrected chi connectivity index (χ3v) is 4.28. The van der Waals surface area contributed by atoms with E-state index in [1.54, 1.807) is 0 Å². The van der Waals surface area contributed by atoms with Crippen molar-refractivity contribution < 1.29 is 18.6 Å². The topological polar surface area (TPSA) is 61.4 Å². The van der Waals surface area contributed by atoms with Gasteiger partial charge in [-0.3, -0.25) is 0 Å². The van der Waals surface area contributed by atoms with E-state index in [1.807, 2.05) is 18.2 Å². The highest BCUT2D eigenvalue weighted by Crippen LogP contribution is 2.34. The molecule has 1 unspecified atom stereocenters. The summed E-state index contributed by atoms with van der Waals surface area (Å²) >= 11 is 3.42. The summed E-state index contributed by atoms with van der Waals surface area (Å²) in [6, 6.07) is 10.7. The zero-order chi connectivity index (χ0) is 17.0. The van der Waals surface area contributed by atoms with Gasteiger partial charge in [0, 0.05) is 4.47 Å². The monoisotopic (exact) mass is 399 g/mol. The predicted molar refractivity (Wildman–Crippen MR) is 91.0 cm³/mol. The number of halogens is 2. The second-order valence-corrected chi connectivity index (χ2v) is 7.54. The van der Waals surface area contributed by atoms with Crippen LogP contribution in [-0.4, -0.2) is 12.1 Å². The van der Waals surface area contributed by atoms with Crippen LogP contribution in [0.4, 0.5) is 10.1 Å². The highest BCUT2D eigenvalue weighted by atomic mass is 79.9. The van der Waals surface area contributed by atoms with E-state index in [4.69, 9.17) is 4.74 Å². The lowest BCUT2D eigenvalue weighted by molar-refractivity contribution is -0.160. The van der Waals surface area contributed by atoms with Crippen molar-refractivity contribution in [1.29, 1.82) is 0 Å². The molecule has 0 spiro atoms. The van der Waals surface area contributed by atoms with Crippen molar-refractivity contribution in [3.8, 4) is 5.75 Å². The molecule has 0 radical (unpaired) electrons. The van der Waals surface area contributed by atoms with E-state index in [0.29, 0.717) is 0 Å². The lowest BCUT2D eigenvalue weighted by Gasteiger charge is -2.33. The Morgan fingerprint density at radius 1 is 1.26 bits per heavy atom. The molecule has 3 rings (SSSR count). The van der Waals surface area contributed by atoms with Crippen molar-refractivity contribution in [3.05, 3.63) is 52.8 Å². The second-order valence-electron chi connectivity index (χ2n) is 5.59. The van der Waals surface area contributed by atoms with Crippen molar-refractivity contribution in [2.45, 2.75) is 19.4 Å². The predicted octanol–water partition coefficient (Wildman–Crippen LogP) is 3.59. The molecule has 1 N–H and O–H groups in total. The molecule has 7 heteroatoms. The molecule has 1 atom stereocenters. The normalized spacial score (nSPS) is 15.3.